The second-order valence-corrected chi connectivity index (χ2v) is 5.06. The molecule has 116 valence electrons. The van der Waals surface area contributed by atoms with Gasteiger partial charge in [-0.1, -0.05) is 18.2 Å². The molecule has 3 aromatic rings. The van der Waals surface area contributed by atoms with Crippen molar-refractivity contribution in [2.24, 2.45) is 0 Å². The summed E-state index contributed by atoms with van der Waals surface area (Å²) in [6.07, 6.45) is 10.2. The van der Waals surface area contributed by atoms with Gasteiger partial charge in [0.15, 0.2) is 5.65 Å². The zero-order chi connectivity index (χ0) is 16.7. The molecule has 0 atom stereocenters. The summed E-state index contributed by atoms with van der Waals surface area (Å²) in [6, 6.07) is 3.86. The molecule has 0 saturated carbocycles. The Labute approximate surface area is 135 Å². The van der Waals surface area contributed by atoms with Gasteiger partial charge in [-0.2, -0.15) is 0 Å². The molecule has 0 aliphatic rings. The summed E-state index contributed by atoms with van der Waals surface area (Å²) in [5.74, 6) is 0. The first kappa shape index (κ1) is 16.4. The van der Waals surface area contributed by atoms with E-state index in [1.165, 1.54) is 11.9 Å². The smallest absolute Gasteiger partial charge is 0.162 e. The summed E-state index contributed by atoms with van der Waals surface area (Å²) in [5.41, 5.74) is 2.95. The van der Waals surface area contributed by atoms with Crippen LogP contribution in [0, 0.1) is 6.92 Å². The van der Waals surface area contributed by atoms with Gasteiger partial charge in [0.05, 0.1) is 11.0 Å². The van der Waals surface area contributed by atoms with Crippen molar-refractivity contribution in [3.63, 3.8) is 0 Å². The average molecular weight is 305 g/mol. The Bertz CT molecular complexity index is 922. The van der Waals surface area contributed by atoms with E-state index in [1.807, 2.05) is 45.2 Å². The maximum atomic E-state index is 4.13. The average Bonchev–Trinajstić information content (AvgIpc) is 2.57. The van der Waals surface area contributed by atoms with Crippen LogP contribution in [0.2, 0.25) is 0 Å². The van der Waals surface area contributed by atoms with Crippen molar-refractivity contribution in [1.29, 1.82) is 0 Å². The maximum absolute atomic E-state index is 4.13. The Kier molecular flexibility index (Phi) is 5.63. The first-order valence-electron chi connectivity index (χ1n) is 7.22. The minimum Gasteiger partial charge on any atom is -0.244 e. The van der Waals surface area contributed by atoms with E-state index in [1.54, 1.807) is 18.6 Å². The monoisotopic (exact) mass is 305 g/mol. The van der Waals surface area contributed by atoms with E-state index in [0.717, 1.165) is 27.3 Å². The molecule has 3 aromatic heterocycles. The molecule has 0 saturated heterocycles. The number of aromatic nitrogens is 5. The lowest BCUT2D eigenvalue weighted by atomic mass is 10.2. The third-order valence-corrected chi connectivity index (χ3v) is 3.17. The Morgan fingerprint density at radius 2 is 1.91 bits per heavy atom. The molecule has 0 aliphatic carbocycles. The number of allylic oxidation sites excluding steroid dienone is 1. The number of rotatable bonds is 1. The van der Waals surface area contributed by atoms with Crippen LogP contribution in [0.15, 0.2) is 49.8 Å². The molecule has 23 heavy (non-hydrogen) atoms. The molecule has 0 N–H and O–H groups in total. The van der Waals surface area contributed by atoms with Gasteiger partial charge in [-0.3, -0.25) is 0 Å². The quantitative estimate of drug-likeness (QED) is 0.688. The van der Waals surface area contributed by atoms with Crippen molar-refractivity contribution in [2.75, 3.05) is 0 Å². The van der Waals surface area contributed by atoms with Crippen molar-refractivity contribution in [2.45, 2.75) is 20.8 Å². The highest BCUT2D eigenvalue weighted by Crippen LogP contribution is 2.09. The molecular formula is C18H19N5. The normalized spacial score (nSPS) is 10.8. The summed E-state index contributed by atoms with van der Waals surface area (Å²) in [4.78, 5) is 20.3. The summed E-state index contributed by atoms with van der Waals surface area (Å²) < 4.78 is 0. The standard InChI is InChI=1S/C10H12N2.C8H7N3/c1-4-5-10-9(8(2)3)6-11-7-12-10;1-6-7-3-2-4-9-8(7)11-5-10-6/h4-7H,1H2,2-3H3;2-5H,1H3/b10-5+;. The van der Waals surface area contributed by atoms with Crippen LogP contribution in [0.4, 0.5) is 0 Å². The maximum Gasteiger partial charge on any atom is 0.162 e. The zero-order valence-electron chi connectivity index (χ0n) is 13.6. The third-order valence-electron chi connectivity index (χ3n) is 3.17. The van der Waals surface area contributed by atoms with Gasteiger partial charge in [0, 0.05) is 23.0 Å². The van der Waals surface area contributed by atoms with E-state index in [-0.39, 0.29) is 0 Å². The van der Waals surface area contributed by atoms with E-state index < -0.39 is 0 Å². The predicted molar refractivity (Wildman–Crippen MR) is 92.8 cm³/mol. The fourth-order valence-corrected chi connectivity index (χ4v) is 1.99. The van der Waals surface area contributed by atoms with Gasteiger partial charge in [-0.15, -0.1) is 0 Å². The van der Waals surface area contributed by atoms with E-state index >= 15 is 0 Å². The van der Waals surface area contributed by atoms with Crippen LogP contribution in [0.25, 0.3) is 22.7 Å². The van der Waals surface area contributed by atoms with Crippen LogP contribution in [-0.2, 0) is 0 Å². The molecule has 5 heteroatoms. The molecule has 3 rings (SSSR count). The number of fused-ring (bicyclic) bond motifs is 1. The summed E-state index contributed by atoms with van der Waals surface area (Å²) in [5, 5.41) is 3.03. The molecule has 0 fully saturated rings. The molecule has 3 heterocycles. The highest BCUT2D eigenvalue weighted by molar-refractivity contribution is 5.76. The molecule has 0 amide bonds. The Morgan fingerprint density at radius 3 is 2.61 bits per heavy atom. The van der Waals surface area contributed by atoms with E-state index in [2.05, 4.69) is 31.5 Å². The number of pyridine rings is 1. The van der Waals surface area contributed by atoms with Crippen LogP contribution < -0.4 is 10.6 Å². The lowest BCUT2D eigenvalue weighted by Crippen LogP contribution is -2.29. The van der Waals surface area contributed by atoms with Gasteiger partial charge in [0.1, 0.15) is 12.7 Å². The molecule has 0 unspecified atom stereocenters. The van der Waals surface area contributed by atoms with Crippen LogP contribution in [0.1, 0.15) is 19.5 Å². The zero-order valence-corrected chi connectivity index (χ0v) is 13.6. The number of nitrogens with zero attached hydrogens (tertiary/aromatic N) is 5. The topological polar surface area (TPSA) is 64.5 Å². The first-order chi connectivity index (χ1) is 11.1. The largest absolute Gasteiger partial charge is 0.244 e. The number of hydrogen-bond donors (Lipinski definition) is 0. The second-order valence-electron chi connectivity index (χ2n) is 5.06. The SMILES string of the molecule is C=C/C=c1/ncncc1=C(C)C.Cc1ncnc2ncccc12. The van der Waals surface area contributed by atoms with Crippen molar-refractivity contribution >= 4 is 22.7 Å². The highest BCUT2D eigenvalue weighted by Gasteiger charge is 1.96. The minimum atomic E-state index is 0.764. The van der Waals surface area contributed by atoms with Crippen LogP contribution in [0.5, 0.6) is 0 Å². The van der Waals surface area contributed by atoms with Gasteiger partial charge in [0.25, 0.3) is 0 Å². The molecule has 0 aromatic carbocycles. The minimum absolute atomic E-state index is 0.764. The van der Waals surface area contributed by atoms with Crippen molar-refractivity contribution in [3.8, 4) is 0 Å². The first-order valence-corrected chi connectivity index (χ1v) is 7.22. The van der Waals surface area contributed by atoms with Gasteiger partial charge in [-0.25, -0.2) is 24.9 Å². The van der Waals surface area contributed by atoms with Crippen LogP contribution in [-0.4, -0.2) is 24.9 Å². The third kappa shape index (κ3) is 4.26. The summed E-state index contributed by atoms with van der Waals surface area (Å²) >= 11 is 0. The Morgan fingerprint density at radius 1 is 1.09 bits per heavy atom. The van der Waals surface area contributed by atoms with Gasteiger partial charge < -0.3 is 0 Å². The second kappa shape index (κ2) is 7.89. The van der Waals surface area contributed by atoms with E-state index in [4.69, 9.17) is 0 Å². The van der Waals surface area contributed by atoms with E-state index in [9.17, 15) is 0 Å². The lowest BCUT2D eigenvalue weighted by Gasteiger charge is -1.95. The van der Waals surface area contributed by atoms with Gasteiger partial charge >= 0.3 is 0 Å². The van der Waals surface area contributed by atoms with Gasteiger partial charge in [-0.05, 0) is 39.0 Å². The van der Waals surface area contributed by atoms with Crippen LogP contribution >= 0.6 is 0 Å². The Hall–Kier alpha value is -2.95. The number of hydrogen-bond acceptors (Lipinski definition) is 5. The summed E-state index contributed by atoms with van der Waals surface area (Å²) in [7, 11) is 0. The fraction of sp³-hybridized carbons (Fsp3) is 0.167. The predicted octanol–water partition coefficient (Wildman–Crippen LogP) is 1.97. The molecule has 5 nitrogen and oxygen atoms in total. The summed E-state index contributed by atoms with van der Waals surface area (Å²) in [6.45, 7) is 9.66. The molecule has 0 bridgehead atoms. The molecule has 0 aliphatic heterocycles. The molecule has 0 radical (unpaired) electrons. The Balaban J connectivity index is 0.000000167. The van der Waals surface area contributed by atoms with E-state index in [0.29, 0.717) is 0 Å². The van der Waals surface area contributed by atoms with Crippen molar-refractivity contribution in [3.05, 3.63) is 66.1 Å². The van der Waals surface area contributed by atoms with Crippen molar-refractivity contribution < 1.29 is 0 Å². The fourth-order valence-electron chi connectivity index (χ4n) is 1.99. The molecule has 0 spiro atoms. The lowest BCUT2D eigenvalue weighted by molar-refractivity contribution is 1.09. The van der Waals surface area contributed by atoms with Crippen molar-refractivity contribution in [1.82, 2.24) is 24.9 Å². The molecular weight excluding hydrogens is 286 g/mol. The van der Waals surface area contributed by atoms with Crippen LogP contribution in [0.3, 0.4) is 0 Å². The number of aryl methyl sites for hydroxylation is 1. The van der Waals surface area contributed by atoms with Gasteiger partial charge in [0.2, 0.25) is 0 Å². The highest BCUT2D eigenvalue weighted by atomic mass is 14.9.